The molecule has 0 amide bonds. The fraction of sp³-hybridized carbons (Fsp3) is 0.844. The van der Waals surface area contributed by atoms with E-state index < -0.39 is 30.3 Å². The molecule has 0 aromatic carbocycles. The number of carbonyl (C=O) groups is 1. The zero-order chi connectivity index (χ0) is 30.7. The lowest BCUT2D eigenvalue weighted by Gasteiger charge is -2.50. The zero-order valence-corrected chi connectivity index (χ0v) is 31.3. The van der Waals surface area contributed by atoms with Crippen molar-refractivity contribution in [3.8, 4) is 0 Å². The van der Waals surface area contributed by atoms with E-state index in [0.29, 0.717) is 13.0 Å². The van der Waals surface area contributed by atoms with E-state index >= 15 is 0 Å². The number of allylic oxidation sites excluding steroid dienone is 1. The minimum absolute atomic E-state index is 0.0845. The van der Waals surface area contributed by atoms with Crippen molar-refractivity contribution < 1.29 is 23.1 Å². The van der Waals surface area contributed by atoms with E-state index in [1.807, 2.05) is 0 Å². The standard InChI is InChI=1S/C32H60O5Si3/c1-23-25(37-40(14,15)29(2,3)4)20-32(30(5,6)27(23)28(33)36-32)19-18-24(21-38(8,9)10)16-17-26-31(7,35-26)22-34-39(11,12)13/h18,25-27H,1,16-17,19-22H2,2-15H3/b24-18+/t25-,26-,27-,31-,32-/m0/s1. The zero-order valence-electron chi connectivity index (χ0n) is 28.3. The van der Waals surface area contributed by atoms with Gasteiger partial charge >= 0.3 is 5.97 Å². The molecule has 5 nitrogen and oxygen atoms in total. The van der Waals surface area contributed by atoms with E-state index in [9.17, 15) is 4.79 Å². The predicted molar refractivity (Wildman–Crippen MR) is 175 cm³/mol. The average Bonchev–Trinajstić information content (AvgIpc) is 3.37. The van der Waals surface area contributed by atoms with Gasteiger partial charge in [0.2, 0.25) is 0 Å². The summed E-state index contributed by atoms with van der Waals surface area (Å²) in [5.74, 6) is -0.446. The molecule has 0 N–H and O–H groups in total. The van der Waals surface area contributed by atoms with Crippen molar-refractivity contribution in [1.82, 2.24) is 0 Å². The van der Waals surface area contributed by atoms with Crippen LogP contribution in [-0.4, -0.2) is 60.7 Å². The lowest BCUT2D eigenvalue weighted by atomic mass is 9.58. The predicted octanol–water partition coefficient (Wildman–Crippen LogP) is 8.72. The number of epoxide rings is 1. The minimum atomic E-state index is -2.05. The van der Waals surface area contributed by atoms with E-state index in [-0.39, 0.29) is 40.1 Å². The number of carbonyl (C=O) groups excluding carboxylic acids is 1. The smallest absolute Gasteiger partial charge is 0.314 e. The number of fused-ring (bicyclic) bond motifs is 2. The first-order valence-electron chi connectivity index (χ1n) is 15.4. The van der Waals surface area contributed by atoms with Gasteiger partial charge in [0.05, 0.1) is 24.7 Å². The molecule has 1 saturated carbocycles. The van der Waals surface area contributed by atoms with Gasteiger partial charge in [-0.25, -0.2) is 0 Å². The van der Waals surface area contributed by atoms with Crippen LogP contribution in [0.25, 0.3) is 0 Å². The number of rotatable bonds is 12. The third kappa shape index (κ3) is 7.33. The highest BCUT2D eigenvalue weighted by Crippen LogP contribution is 2.60. The van der Waals surface area contributed by atoms with Crippen molar-refractivity contribution in [2.45, 2.75) is 154 Å². The summed E-state index contributed by atoms with van der Waals surface area (Å²) >= 11 is 0. The molecular formula is C32H60O5Si3. The highest BCUT2D eigenvalue weighted by atomic mass is 28.4. The Morgan fingerprint density at radius 1 is 1.07 bits per heavy atom. The van der Waals surface area contributed by atoms with Gasteiger partial charge in [-0.2, -0.15) is 0 Å². The van der Waals surface area contributed by atoms with Crippen LogP contribution in [0.2, 0.25) is 63.5 Å². The lowest BCUT2D eigenvalue weighted by molar-refractivity contribution is -0.152. The van der Waals surface area contributed by atoms with E-state index in [2.05, 4.69) is 107 Å². The Labute approximate surface area is 249 Å². The molecule has 2 heterocycles. The molecule has 230 valence electrons. The summed E-state index contributed by atoms with van der Waals surface area (Å²) in [6.07, 6.45) is 5.96. The Morgan fingerprint density at radius 2 is 1.68 bits per heavy atom. The van der Waals surface area contributed by atoms with Crippen molar-refractivity contribution in [2.75, 3.05) is 6.61 Å². The Morgan fingerprint density at radius 3 is 2.20 bits per heavy atom. The largest absolute Gasteiger partial charge is 0.458 e. The molecule has 0 spiro atoms. The number of esters is 1. The molecule has 2 saturated heterocycles. The summed E-state index contributed by atoms with van der Waals surface area (Å²) in [7, 11) is -4.98. The second kappa shape index (κ2) is 10.9. The van der Waals surface area contributed by atoms with E-state index in [1.165, 1.54) is 5.57 Å². The lowest BCUT2D eigenvalue weighted by Crippen LogP contribution is -2.55. The summed E-state index contributed by atoms with van der Waals surface area (Å²) in [6, 6.07) is 1.15. The molecular weight excluding hydrogens is 549 g/mol. The van der Waals surface area contributed by atoms with Gasteiger partial charge in [0.25, 0.3) is 0 Å². The van der Waals surface area contributed by atoms with Gasteiger partial charge < -0.3 is 18.3 Å². The Bertz CT molecular complexity index is 1010. The molecule has 1 aliphatic carbocycles. The van der Waals surface area contributed by atoms with Crippen LogP contribution in [0.3, 0.4) is 0 Å². The van der Waals surface area contributed by atoms with Crippen LogP contribution in [0.4, 0.5) is 0 Å². The number of hydrogen-bond donors (Lipinski definition) is 0. The first kappa shape index (κ1) is 34.0. The van der Waals surface area contributed by atoms with Gasteiger partial charge in [-0.3, -0.25) is 4.79 Å². The highest BCUT2D eigenvalue weighted by Gasteiger charge is 2.66. The molecule has 0 radical (unpaired) electrons. The van der Waals surface area contributed by atoms with Gasteiger partial charge in [-0.05, 0) is 69.2 Å². The minimum Gasteiger partial charge on any atom is -0.458 e. The first-order chi connectivity index (χ1) is 17.8. The van der Waals surface area contributed by atoms with Crippen molar-refractivity contribution >= 4 is 30.7 Å². The van der Waals surface area contributed by atoms with Crippen molar-refractivity contribution in [3.05, 3.63) is 23.8 Å². The molecule has 0 aromatic rings. The fourth-order valence-electron chi connectivity index (χ4n) is 6.23. The number of hydrogen-bond acceptors (Lipinski definition) is 5. The molecule has 0 unspecified atom stereocenters. The monoisotopic (exact) mass is 608 g/mol. The van der Waals surface area contributed by atoms with Crippen LogP contribution >= 0.6 is 0 Å². The Balaban J connectivity index is 1.81. The Hall–Kier alpha value is -0.519. The molecule has 5 atom stereocenters. The summed E-state index contributed by atoms with van der Waals surface area (Å²) in [6.45, 7) is 37.0. The summed E-state index contributed by atoms with van der Waals surface area (Å²) in [5, 5.41) is 0.0845. The maximum atomic E-state index is 13.3. The van der Waals surface area contributed by atoms with Crippen molar-refractivity contribution in [3.63, 3.8) is 0 Å². The Kier molecular flexibility index (Phi) is 9.24. The maximum Gasteiger partial charge on any atom is 0.314 e. The molecule has 2 bridgehead atoms. The van der Waals surface area contributed by atoms with Crippen LogP contribution < -0.4 is 0 Å². The quantitative estimate of drug-likeness (QED) is 0.0960. The van der Waals surface area contributed by atoms with Gasteiger partial charge in [0.1, 0.15) is 11.2 Å². The summed E-state index contributed by atoms with van der Waals surface area (Å²) in [5.41, 5.74) is 1.33. The molecule has 40 heavy (non-hydrogen) atoms. The third-order valence-corrected chi connectivity index (χ3v) is 17.0. The van der Waals surface area contributed by atoms with Gasteiger partial charge in [-0.15, -0.1) is 0 Å². The van der Waals surface area contributed by atoms with E-state index in [4.69, 9.17) is 18.3 Å². The first-order valence-corrected chi connectivity index (χ1v) is 25.4. The SMILES string of the molecule is C=C1[C@H]2C(=O)O[C@@](C/C=C(\CC[C@@H]3O[C@@]3(C)CO[Si](C)(C)C)C[Si](C)(C)C)(C[C@@H]1O[Si](C)(C)C(C)(C)C)C2(C)C. The molecule has 3 aliphatic rings. The van der Waals surface area contributed by atoms with Crippen LogP contribution in [0.5, 0.6) is 0 Å². The average molecular weight is 609 g/mol. The van der Waals surface area contributed by atoms with Crippen molar-refractivity contribution in [2.24, 2.45) is 11.3 Å². The van der Waals surface area contributed by atoms with E-state index in [1.54, 1.807) is 0 Å². The molecule has 0 aromatic heterocycles. The van der Waals surface area contributed by atoms with Gasteiger partial charge in [0, 0.05) is 26.3 Å². The second-order valence-electron chi connectivity index (χ2n) is 17.4. The normalized spacial score (nSPS) is 32.9. The fourth-order valence-corrected chi connectivity index (χ4v) is 9.93. The van der Waals surface area contributed by atoms with Crippen LogP contribution in [-0.2, 0) is 23.1 Å². The maximum absolute atomic E-state index is 13.3. The topological polar surface area (TPSA) is 57.3 Å². The summed E-state index contributed by atoms with van der Waals surface area (Å²) < 4.78 is 25.6. The van der Waals surface area contributed by atoms with Gasteiger partial charge in [0.15, 0.2) is 16.6 Å². The second-order valence-corrected chi connectivity index (χ2v) is 32.1. The molecule has 8 heteroatoms. The molecule has 3 fully saturated rings. The molecule has 3 rings (SSSR count). The summed E-state index contributed by atoms with van der Waals surface area (Å²) in [4.78, 5) is 13.3. The van der Waals surface area contributed by atoms with Crippen molar-refractivity contribution in [1.29, 1.82) is 0 Å². The highest BCUT2D eigenvalue weighted by molar-refractivity contribution is 6.76. The molecule has 2 aliphatic heterocycles. The third-order valence-electron chi connectivity index (χ3n) is 10.0. The van der Waals surface area contributed by atoms with Gasteiger partial charge in [-0.1, -0.05) is 72.5 Å². The van der Waals surface area contributed by atoms with E-state index in [0.717, 1.165) is 30.9 Å². The van der Waals surface area contributed by atoms with Crippen LogP contribution in [0.15, 0.2) is 23.8 Å². The number of ether oxygens (including phenoxy) is 2. The van der Waals surface area contributed by atoms with Crippen LogP contribution in [0.1, 0.15) is 67.2 Å². The van der Waals surface area contributed by atoms with Crippen LogP contribution in [0, 0.1) is 11.3 Å².